The third-order valence-corrected chi connectivity index (χ3v) is 4.92. The lowest BCUT2D eigenvalue weighted by molar-refractivity contribution is 0.321. The summed E-state index contributed by atoms with van der Waals surface area (Å²) >= 11 is 0. The molecule has 2 unspecified atom stereocenters. The smallest absolute Gasteiger partial charge is 0.0412 e. The molecule has 0 saturated heterocycles. The summed E-state index contributed by atoms with van der Waals surface area (Å²) in [6, 6.07) is 7.62. The van der Waals surface area contributed by atoms with Crippen molar-refractivity contribution in [3.05, 3.63) is 29.3 Å². The number of nitrogens with one attached hydrogen (secondary N) is 1. The lowest BCUT2D eigenvalue weighted by atomic mass is 9.84. The van der Waals surface area contributed by atoms with E-state index in [2.05, 4.69) is 56.2 Å². The molecule has 1 aliphatic rings. The zero-order valence-electron chi connectivity index (χ0n) is 14.3. The molecule has 0 spiro atoms. The molecule has 1 aliphatic carbocycles. The molecular formula is C19H32N2. The average Bonchev–Trinajstić information content (AvgIpc) is 2.47. The highest BCUT2D eigenvalue weighted by molar-refractivity contribution is 5.55. The summed E-state index contributed by atoms with van der Waals surface area (Å²) in [5.41, 5.74) is 4.23. The fourth-order valence-electron chi connectivity index (χ4n) is 3.65. The monoisotopic (exact) mass is 288 g/mol. The molecule has 0 radical (unpaired) electrons. The highest BCUT2D eigenvalue weighted by Gasteiger charge is 2.26. The molecule has 0 amide bonds. The summed E-state index contributed by atoms with van der Waals surface area (Å²) < 4.78 is 0. The maximum absolute atomic E-state index is 3.56. The quantitative estimate of drug-likeness (QED) is 0.775. The van der Waals surface area contributed by atoms with Crippen LogP contribution in [0.2, 0.25) is 0 Å². The molecule has 2 nitrogen and oxygen atoms in total. The van der Waals surface area contributed by atoms with Crippen molar-refractivity contribution < 1.29 is 0 Å². The van der Waals surface area contributed by atoms with Gasteiger partial charge in [0.15, 0.2) is 0 Å². The maximum atomic E-state index is 3.56. The first kappa shape index (κ1) is 16.4. The molecule has 1 aromatic rings. The van der Waals surface area contributed by atoms with E-state index in [1.807, 2.05) is 0 Å². The largest absolute Gasteiger partial charge is 0.371 e. The van der Waals surface area contributed by atoms with Crippen LogP contribution in [0.1, 0.15) is 57.1 Å². The minimum Gasteiger partial charge on any atom is -0.371 e. The van der Waals surface area contributed by atoms with Gasteiger partial charge < -0.3 is 10.2 Å². The van der Waals surface area contributed by atoms with Gasteiger partial charge in [0.25, 0.3) is 0 Å². The SMILES string of the molecule is CCCNCc1cc(C)ccc1N(C)C1CCCCC1C. The van der Waals surface area contributed by atoms with Crippen LogP contribution in [0.15, 0.2) is 18.2 Å². The van der Waals surface area contributed by atoms with Crippen LogP contribution in [0, 0.1) is 12.8 Å². The maximum Gasteiger partial charge on any atom is 0.0412 e. The van der Waals surface area contributed by atoms with Crippen LogP contribution in [0.5, 0.6) is 0 Å². The van der Waals surface area contributed by atoms with Crippen molar-refractivity contribution in [2.75, 3.05) is 18.5 Å². The molecule has 0 bridgehead atoms. The number of rotatable bonds is 6. The summed E-state index contributed by atoms with van der Waals surface area (Å²) in [4.78, 5) is 2.55. The first-order valence-corrected chi connectivity index (χ1v) is 8.66. The molecule has 21 heavy (non-hydrogen) atoms. The van der Waals surface area contributed by atoms with Crippen LogP contribution in [0.4, 0.5) is 5.69 Å². The van der Waals surface area contributed by atoms with Crippen molar-refractivity contribution in [3.63, 3.8) is 0 Å². The van der Waals surface area contributed by atoms with Gasteiger partial charge in [-0.05, 0) is 50.3 Å². The zero-order valence-corrected chi connectivity index (χ0v) is 14.3. The topological polar surface area (TPSA) is 15.3 Å². The lowest BCUT2D eigenvalue weighted by Gasteiger charge is -2.38. The number of aryl methyl sites for hydroxylation is 1. The van der Waals surface area contributed by atoms with Gasteiger partial charge in [-0.2, -0.15) is 0 Å². The fourth-order valence-corrected chi connectivity index (χ4v) is 3.65. The molecule has 1 saturated carbocycles. The van der Waals surface area contributed by atoms with Gasteiger partial charge in [0.05, 0.1) is 0 Å². The summed E-state index contributed by atoms with van der Waals surface area (Å²) in [6.45, 7) is 8.91. The Hall–Kier alpha value is -1.02. The van der Waals surface area contributed by atoms with Crippen molar-refractivity contribution in [1.29, 1.82) is 0 Å². The highest BCUT2D eigenvalue weighted by Crippen LogP contribution is 2.32. The predicted molar refractivity (Wildman–Crippen MR) is 93.0 cm³/mol. The number of hydrogen-bond donors (Lipinski definition) is 1. The minimum atomic E-state index is 0.700. The lowest BCUT2D eigenvalue weighted by Crippen LogP contribution is -2.39. The van der Waals surface area contributed by atoms with Gasteiger partial charge in [0, 0.05) is 25.3 Å². The molecule has 118 valence electrons. The Bertz CT molecular complexity index is 441. The fraction of sp³-hybridized carbons (Fsp3) is 0.684. The molecule has 2 rings (SSSR count). The Kier molecular flexibility index (Phi) is 6.10. The second-order valence-corrected chi connectivity index (χ2v) is 6.75. The molecule has 0 aromatic heterocycles. The number of hydrogen-bond acceptors (Lipinski definition) is 2. The molecule has 0 heterocycles. The van der Waals surface area contributed by atoms with E-state index < -0.39 is 0 Å². The summed E-state index contributed by atoms with van der Waals surface area (Å²) in [5, 5.41) is 3.56. The second kappa shape index (κ2) is 7.84. The number of anilines is 1. The summed E-state index contributed by atoms with van der Waals surface area (Å²) in [7, 11) is 2.29. The normalized spacial score (nSPS) is 22.3. The van der Waals surface area contributed by atoms with Gasteiger partial charge in [-0.3, -0.25) is 0 Å². The molecular weight excluding hydrogens is 256 g/mol. The van der Waals surface area contributed by atoms with Gasteiger partial charge in [-0.15, -0.1) is 0 Å². The Balaban J connectivity index is 2.16. The first-order valence-electron chi connectivity index (χ1n) is 8.66. The van der Waals surface area contributed by atoms with E-state index in [4.69, 9.17) is 0 Å². The molecule has 2 heteroatoms. The summed E-state index contributed by atoms with van der Waals surface area (Å²) in [6.07, 6.45) is 6.70. The van der Waals surface area contributed by atoms with Gasteiger partial charge in [-0.1, -0.05) is 44.4 Å². The Labute approximate surface area is 130 Å². The van der Waals surface area contributed by atoms with Crippen molar-refractivity contribution in [1.82, 2.24) is 5.32 Å². The van der Waals surface area contributed by atoms with Crippen molar-refractivity contribution in [3.8, 4) is 0 Å². The van der Waals surface area contributed by atoms with Crippen LogP contribution in [0.25, 0.3) is 0 Å². The van der Waals surface area contributed by atoms with E-state index in [-0.39, 0.29) is 0 Å². The van der Waals surface area contributed by atoms with E-state index in [0.29, 0.717) is 6.04 Å². The molecule has 0 aliphatic heterocycles. The van der Waals surface area contributed by atoms with Crippen LogP contribution in [0.3, 0.4) is 0 Å². The van der Waals surface area contributed by atoms with E-state index >= 15 is 0 Å². The van der Waals surface area contributed by atoms with E-state index in [1.165, 1.54) is 48.9 Å². The third kappa shape index (κ3) is 4.23. The Morgan fingerprint density at radius 2 is 2.00 bits per heavy atom. The van der Waals surface area contributed by atoms with Crippen LogP contribution < -0.4 is 10.2 Å². The van der Waals surface area contributed by atoms with E-state index in [0.717, 1.165) is 19.0 Å². The number of benzene rings is 1. The van der Waals surface area contributed by atoms with Gasteiger partial charge in [0.2, 0.25) is 0 Å². The van der Waals surface area contributed by atoms with Crippen molar-refractivity contribution in [2.45, 2.75) is 65.5 Å². The summed E-state index contributed by atoms with van der Waals surface area (Å²) in [5.74, 6) is 0.807. The van der Waals surface area contributed by atoms with Gasteiger partial charge >= 0.3 is 0 Å². The molecule has 1 N–H and O–H groups in total. The average molecular weight is 288 g/mol. The molecule has 2 atom stereocenters. The molecule has 1 aromatic carbocycles. The van der Waals surface area contributed by atoms with Crippen molar-refractivity contribution >= 4 is 5.69 Å². The van der Waals surface area contributed by atoms with Crippen LogP contribution in [-0.2, 0) is 6.54 Å². The van der Waals surface area contributed by atoms with Crippen LogP contribution >= 0.6 is 0 Å². The minimum absolute atomic E-state index is 0.700. The Morgan fingerprint density at radius 1 is 1.24 bits per heavy atom. The highest BCUT2D eigenvalue weighted by atomic mass is 15.1. The van der Waals surface area contributed by atoms with Gasteiger partial charge in [0.1, 0.15) is 0 Å². The first-order chi connectivity index (χ1) is 10.1. The Morgan fingerprint density at radius 3 is 2.71 bits per heavy atom. The number of nitrogens with zero attached hydrogens (tertiary/aromatic N) is 1. The predicted octanol–water partition coefficient (Wildman–Crippen LogP) is 4.51. The standard InChI is InChI=1S/C19H32N2/c1-5-12-20-14-17-13-15(2)10-11-19(17)21(4)18-9-7-6-8-16(18)3/h10-11,13,16,18,20H,5-9,12,14H2,1-4H3. The zero-order chi connectivity index (χ0) is 15.2. The third-order valence-electron chi connectivity index (χ3n) is 4.92. The van der Waals surface area contributed by atoms with Gasteiger partial charge in [-0.25, -0.2) is 0 Å². The van der Waals surface area contributed by atoms with E-state index in [1.54, 1.807) is 0 Å². The molecule has 1 fully saturated rings. The van der Waals surface area contributed by atoms with E-state index in [9.17, 15) is 0 Å². The van der Waals surface area contributed by atoms with Crippen LogP contribution in [-0.4, -0.2) is 19.6 Å². The van der Waals surface area contributed by atoms with Crippen molar-refractivity contribution in [2.24, 2.45) is 5.92 Å². The second-order valence-electron chi connectivity index (χ2n) is 6.75.